The summed E-state index contributed by atoms with van der Waals surface area (Å²) < 4.78 is 10.2. The first kappa shape index (κ1) is 10.3. The molecule has 5 heteroatoms. The van der Waals surface area contributed by atoms with Crippen molar-refractivity contribution < 1.29 is 4.74 Å². The zero-order valence-electron chi connectivity index (χ0n) is 6.92. The number of aryl methyl sites for hydroxylation is 1. The van der Waals surface area contributed by atoms with Crippen molar-refractivity contribution in [3.8, 4) is 0 Å². The topological polar surface area (TPSA) is 35.0 Å². The highest BCUT2D eigenvalue weighted by Crippen LogP contribution is 2.08. The predicted molar refractivity (Wildman–Crippen MR) is 57.4 cm³/mol. The number of rotatable bonds is 5. The van der Waals surface area contributed by atoms with Crippen molar-refractivity contribution in [3.05, 3.63) is 8.84 Å². The average Bonchev–Trinajstić information content (AvgIpc) is 2.45. The van der Waals surface area contributed by atoms with E-state index in [0.717, 1.165) is 34.9 Å². The van der Waals surface area contributed by atoms with Gasteiger partial charge < -0.3 is 4.74 Å². The number of ether oxygens (including phenoxy) is 1. The summed E-state index contributed by atoms with van der Waals surface area (Å²) in [5.41, 5.74) is 0. The zero-order chi connectivity index (χ0) is 8.81. The van der Waals surface area contributed by atoms with Crippen LogP contribution in [0.3, 0.4) is 0 Å². The van der Waals surface area contributed by atoms with Crippen molar-refractivity contribution in [2.75, 3.05) is 13.2 Å². The first-order valence-corrected chi connectivity index (χ1v) is 5.74. The van der Waals surface area contributed by atoms with Gasteiger partial charge in [-0.3, -0.25) is 0 Å². The molecule has 1 aromatic heterocycles. The van der Waals surface area contributed by atoms with Gasteiger partial charge >= 0.3 is 0 Å². The lowest BCUT2D eigenvalue weighted by Crippen LogP contribution is -1.95. The lowest BCUT2D eigenvalue weighted by Gasteiger charge is -1.97. The largest absolute Gasteiger partial charge is 0.382 e. The third kappa shape index (κ3) is 3.77. The first-order chi connectivity index (χ1) is 5.83. The Hall–Kier alpha value is 0.250. The van der Waals surface area contributed by atoms with Crippen LogP contribution < -0.4 is 0 Å². The minimum absolute atomic E-state index is 0.799. The lowest BCUT2D eigenvalue weighted by atomic mass is 10.3. The molecular formula is C7H11IN2OS. The summed E-state index contributed by atoms with van der Waals surface area (Å²) in [5, 5.41) is 1.11. The van der Waals surface area contributed by atoms with Gasteiger partial charge in [0.1, 0.15) is 5.01 Å². The molecule has 1 rings (SSSR count). The van der Waals surface area contributed by atoms with Crippen LogP contribution in [0, 0.1) is 3.83 Å². The van der Waals surface area contributed by atoms with Crippen molar-refractivity contribution in [3.63, 3.8) is 0 Å². The maximum absolute atomic E-state index is 5.22. The fourth-order valence-corrected chi connectivity index (χ4v) is 2.14. The minimum atomic E-state index is 0.799. The summed E-state index contributed by atoms with van der Waals surface area (Å²) in [4.78, 5) is 4.25. The van der Waals surface area contributed by atoms with Gasteiger partial charge in [-0.15, -0.1) is 0 Å². The summed E-state index contributed by atoms with van der Waals surface area (Å²) in [6.07, 6.45) is 2.03. The fourth-order valence-electron chi connectivity index (χ4n) is 0.805. The molecule has 0 aliphatic heterocycles. The number of nitrogens with zero attached hydrogens (tertiary/aromatic N) is 2. The molecule has 0 fully saturated rings. The van der Waals surface area contributed by atoms with Crippen molar-refractivity contribution in [2.24, 2.45) is 0 Å². The van der Waals surface area contributed by atoms with Crippen LogP contribution in [0.2, 0.25) is 0 Å². The van der Waals surface area contributed by atoms with Crippen LogP contribution in [-0.4, -0.2) is 22.6 Å². The summed E-state index contributed by atoms with van der Waals surface area (Å²) >= 11 is 3.61. The number of hydrogen-bond acceptors (Lipinski definition) is 4. The molecule has 0 radical (unpaired) electrons. The third-order valence-electron chi connectivity index (χ3n) is 1.33. The first-order valence-electron chi connectivity index (χ1n) is 3.88. The second-order valence-electron chi connectivity index (χ2n) is 2.26. The predicted octanol–water partition coefficient (Wildman–Crippen LogP) is 2.11. The van der Waals surface area contributed by atoms with E-state index in [1.165, 1.54) is 11.5 Å². The van der Waals surface area contributed by atoms with Gasteiger partial charge in [0.25, 0.3) is 0 Å². The Morgan fingerprint density at radius 1 is 1.58 bits per heavy atom. The average molecular weight is 298 g/mol. The van der Waals surface area contributed by atoms with Crippen molar-refractivity contribution in [2.45, 2.75) is 19.8 Å². The second-order valence-corrected chi connectivity index (χ2v) is 4.06. The molecule has 0 aromatic carbocycles. The van der Waals surface area contributed by atoms with E-state index in [1.54, 1.807) is 0 Å². The molecule has 0 N–H and O–H groups in total. The van der Waals surface area contributed by atoms with E-state index in [9.17, 15) is 0 Å². The van der Waals surface area contributed by atoms with Crippen LogP contribution in [-0.2, 0) is 11.2 Å². The maximum Gasteiger partial charge on any atom is 0.203 e. The molecule has 0 bridgehead atoms. The number of aromatic nitrogens is 2. The minimum Gasteiger partial charge on any atom is -0.382 e. The summed E-state index contributed by atoms with van der Waals surface area (Å²) in [7, 11) is 0. The molecule has 0 atom stereocenters. The van der Waals surface area contributed by atoms with Crippen LogP contribution in [0.15, 0.2) is 0 Å². The van der Waals surface area contributed by atoms with Crippen LogP contribution in [0.4, 0.5) is 0 Å². The van der Waals surface area contributed by atoms with E-state index >= 15 is 0 Å². The molecule has 0 aliphatic rings. The van der Waals surface area contributed by atoms with Crippen molar-refractivity contribution in [1.29, 1.82) is 0 Å². The van der Waals surface area contributed by atoms with Crippen LogP contribution in [0.1, 0.15) is 18.4 Å². The summed E-state index contributed by atoms with van der Waals surface area (Å²) in [5.74, 6) is 0. The molecule has 0 spiro atoms. The monoisotopic (exact) mass is 298 g/mol. The van der Waals surface area contributed by atoms with E-state index in [2.05, 4.69) is 31.9 Å². The quantitative estimate of drug-likeness (QED) is 0.617. The lowest BCUT2D eigenvalue weighted by molar-refractivity contribution is 0.145. The molecular weight excluding hydrogens is 287 g/mol. The second kappa shape index (κ2) is 5.82. The Morgan fingerprint density at radius 2 is 2.42 bits per heavy atom. The van der Waals surface area contributed by atoms with E-state index in [4.69, 9.17) is 4.74 Å². The van der Waals surface area contributed by atoms with E-state index in [1.807, 2.05) is 6.92 Å². The van der Waals surface area contributed by atoms with Gasteiger partial charge in [0.05, 0.1) is 0 Å². The van der Waals surface area contributed by atoms with Gasteiger partial charge in [-0.05, 0) is 24.9 Å². The Morgan fingerprint density at radius 3 is 3.00 bits per heavy atom. The maximum atomic E-state index is 5.22. The fraction of sp³-hybridized carbons (Fsp3) is 0.714. The third-order valence-corrected chi connectivity index (χ3v) is 2.91. The normalized spacial score (nSPS) is 10.5. The smallest absolute Gasteiger partial charge is 0.203 e. The van der Waals surface area contributed by atoms with Gasteiger partial charge in [-0.2, -0.15) is 4.37 Å². The van der Waals surface area contributed by atoms with Crippen molar-refractivity contribution >= 4 is 34.1 Å². The highest BCUT2D eigenvalue weighted by atomic mass is 127. The number of halogens is 1. The van der Waals surface area contributed by atoms with Crippen LogP contribution in [0.5, 0.6) is 0 Å². The van der Waals surface area contributed by atoms with Gasteiger partial charge in [0.15, 0.2) is 0 Å². The SMILES string of the molecule is CCOCCCc1nc(I)ns1. The standard InChI is InChI=1S/C7H11IN2OS/c1-2-11-5-3-4-6-9-7(8)10-12-6/h2-5H2,1H3. The molecule has 0 aliphatic carbocycles. The molecule has 0 amide bonds. The van der Waals surface area contributed by atoms with Crippen LogP contribution >= 0.6 is 34.1 Å². The van der Waals surface area contributed by atoms with E-state index in [0.29, 0.717) is 0 Å². The molecule has 1 heterocycles. The highest BCUT2D eigenvalue weighted by molar-refractivity contribution is 14.1. The van der Waals surface area contributed by atoms with Gasteiger partial charge in [-0.1, -0.05) is 0 Å². The molecule has 0 unspecified atom stereocenters. The van der Waals surface area contributed by atoms with Gasteiger partial charge in [0.2, 0.25) is 3.83 Å². The summed E-state index contributed by atoms with van der Waals surface area (Å²) in [6, 6.07) is 0. The Balaban J connectivity index is 2.15. The molecule has 1 aromatic rings. The molecule has 0 saturated heterocycles. The number of hydrogen-bond donors (Lipinski definition) is 0. The molecule has 68 valence electrons. The molecule has 12 heavy (non-hydrogen) atoms. The van der Waals surface area contributed by atoms with Crippen LogP contribution in [0.25, 0.3) is 0 Å². The Labute approximate surface area is 89.9 Å². The van der Waals surface area contributed by atoms with Gasteiger partial charge in [0, 0.05) is 42.2 Å². The highest BCUT2D eigenvalue weighted by Gasteiger charge is 1.99. The Bertz CT molecular complexity index is 229. The zero-order valence-corrected chi connectivity index (χ0v) is 9.89. The molecule has 3 nitrogen and oxygen atoms in total. The molecule has 0 saturated carbocycles. The van der Waals surface area contributed by atoms with E-state index < -0.39 is 0 Å². The van der Waals surface area contributed by atoms with E-state index in [-0.39, 0.29) is 0 Å². The van der Waals surface area contributed by atoms with Gasteiger partial charge in [-0.25, -0.2) is 4.98 Å². The summed E-state index contributed by atoms with van der Waals surface area (Å²) in [6.45, 7) is 3.63. The Kier molecular flexibility index (Phi) is 5.01. The van der Waals surface area contributed by atoms with Crippen molar-refractivity contribution in [1.82, 2.24) is 9.36 Å².